The number of halogens is 1. The van der Waals surface area contributed by atoms with Gasteiger partial charge >= 0.3 is 9.33 Å². The van der Waals surface area contributed by atoms with E-state index in [-0.39, 0.29) is 0 Å². The summed E-state index contributed by atoms with van der Waals surface area (Å²) >= 11 is 0. The van der Waals surface area contributed by atoms with Crippen LogP contribution in [-0.2, 0) is 16.4 Å². The molecule has 0 aliphatic heterocycles. The third kappa shape index (κ3) is 12.6. The van der Waals surface area contributed by atoms with E-state index >= 15 is 0 Å². The van der Waals surface area contributed by atoms with Crippen LogP contribution in [-0.4, -0.2) is 17.5 Å². The molecule has 1 heterocycles. The molecule has 64 valence electrons. The highest BCUT2D eigenvalue weighted by Crippen LogP contribution is 1.82. The maximum absolute atomic E-state index is 8.95. The standard InChI is InChI=1S/C5H7N.ClHO3S/c1-6-4-2-3-5-6;1-5(2,3)4/h2-5H,1H3;(H,2,3,4). The van der Waals surface area contributed by atoms with Crippen LogP contribution in [0.4, 0.5) is 0 Å². The molecule has 0 saturated carbocycles. The maximum atomic E-state index is 8.95. The Balaban J connectivity index is 0.000000187. The van der Waals surface area contributed by atoms with E-state index in [2.05, 4.69) is 10.7 Å². The first-order valence-electron chi connectivity index (χ1n) is 2.63. The number of aryl methyl sites for hydroxylation is 1. The predicted octanol–water partition coefficient (Wildman–Crippen LogP) is 1.05. The molecule has 0 aromatic carbocycles. The van der Waals surface area contributed by atoms with Gasteiger partial charge in [0.25, 0.3) is 0 Å². The molecule has 1 aromatic rings. The Labute approximate surface area is 69.7 Å². The van der Waals surface area contributed by atoms with Gasteiger partial charge < -0.3 is 4.57 Å². The van der Waals surface area contributed by atoms with Crippen LogP contribution in [0.3, 0.4) is 0 Å². The van der Waals surface area contributed by atoms with Gasteiger partial charge in [0.1, 0.15) is 0 Å². The minimum Gasteiger partial charge on any atom is -0.357 e. The lowest BCUT2D eigenvalue weighted by atomic mass is 10.7. The predicted molar refractivity (Wildman–Crippen MR) is 42.8 cm³/mol. The third-order valence-electron chi connectivity index (χ3n) is 0.754. The molecule has 4 nitrogen and oxygen atoms in total. The molecule has 0 fully saturated rings. The normalized spacial score (nSPS) is 10.1. The van der Waals surface area contributed by atoms with Crippen LogP contribution in [0.15, 0.2) is 24.5 Å². The molecule has 0 saturated heterocycles. The smallest absolute Gasteiger partial charge is 0.353 e. The van der Waals surface area contributed by atoms with E-state index in [1.807, 2.05) is 36.1 Å². The first-order valence-corrected chi connectivity index (χ1v) is 4.90. The van der Waals surface area contributed by atoms with Gasteiger partial charge in [-0.25, -0.2) is 0 Å². The van der Waals surface area contributed by atoms with E-state index in [9.17, 15) is 0 Å². The zero-order chi connectivity index (χ0) is 8.91. The molecule has 0 bridgehead atoms. The fourth-order valence-electron chi connectivity index (χ4n) is 0.421. The zero-order valence-electron chi connectivity index (χ0n) is 5.81. The Bertz CT molecular complexity index is 271. The van der Waals surface area contributed by atoms with Crippen LogP contribution < -0.4 is 0 Å². The highest BCUT2D eigenvalue weighted by molar-refractivity contribution is 8.09. The lowest BCUT2D eigenvalue weighted by molar-refractivity contribution is 0.501. The number of rotatable bonds is 0. The second-order valence-electron chi connectivity index (χ2n) is 1.76. The summed E-state index contributed by atoms with van der Waals surface area (Å²) in [5.74, 6) is 0. The van der Waals surface area contributed by atoms with Gasteiger partial charge in [-0.15, -0.1) is 0 Å². The Morgan fingerprint density at radius 2 is 1.64 bits per heavy atom. The fraction of sp³-hybridized carbons (Fsp3) is 0.200. The van der Waals surface area contributed by atoms with Gasteiger partial charge in [0, 0.05) is 30.1 Å². The lowest BCUT2D eigenvalue weighted by Gasteiger charge is -1.79. The molecular formula is C5H8ClNO3S. The quantitative estimate of drug-likeness (QED) is 0.500. The van der Waals surface area contributed by atoms with E-state index in [0.717, 1.165) is 0 Å². The molecule has 1 N–H and O–H groups in total. The van der Waals surface area contributed by atoms with Gasteiger partial charge in [-0.05, 0) is 12.1 Å². The summed E-state index contributed by atoms with van der Waals surface area (Å²) < 4.78 is 27.2. The molecule has 1 rings (SSSR count). The van der Waals surface area contributed by atoms with Gasteiger partial charge in [0.15, 0.2) is 0 Å². The minimum absolute atomic E-state index is 2.00. The van der Waals surface area contributed by atoms with Crippen molar-refractivity contribution in [2.24, 2.45) is 7.05 Å². The number of nitrogens with zero attached hydrogens (tertiary/aromatic N) is 1. The Kier molecular flexibility index (Phi) is 4.17. The highest BCUT2D eigenvalue weighted by Gasteiger charge is 1.86. The van der Waals surface area contributed by atoms with E-state index < -0.39 is 9.33 Å². The summed E-state index contributed by atoms with van der Waals surface area (Å²) in [7, 11) is 1.86. The summed E-state index contributed by atoms with van der Waals surface area (Å²) in [4.78, 5) is 0. The van der Waals surface area contributed by atoms with Crippen LogP contribution in [0.2, 0.25) is 0 Å². The molecule has 1 aromatic heterocycles. The molecule has 0 atom stereocenters. The second-order valence-corrected chi connectivity index (χ2v) is 3.75. The Morgan fingerprint density at radius 1 is 1.36 bits per heavy atom. The summed E-state index contributed by atoms with van der Waals surface area (Å²) in [6, 6.07) is 4.00. The summed E-state index contributed by atoms with van der Waals surface area (Å²) in [5.41, 5.74) is 0. The van der Waals surface area contributed by atoms with Gasteiger partial charge in [-0.2, -0.15) is 8.42 Å². The molecule has 0 radical (unpaired) electrons. The molecule has 0 amide bonds. The molecule has 0 aliphatic carbocycles. The topological polar surface area (TPSA) is 59.3 Å². The van der Waals surface area contributed by atoms with Crippen LogP contribution in [0.1, 0.15) is 0 Å². The van der Waals surface area contributed by atoms with Crippen molar-refractivity contribution in [3.05, 3.63) is 24.5 Å². The van der Waals surface area contributed by atoms with E-state index in [0.29, 0.717) is 0 Å². The van der Waals surface area contributed by atoms with Crippen molar-refractivity contribution in [1.82, 2.24) is 4.57 Å². The van der Waals surface area contributed by atoms with Crippen LogP contribution in [0.25, 0.3) is 0 Å². The molecule has 0 unspecified atom stereocenters. The molecule has 0 aliphatic rings. The van der Waals surface area contributed by atoms with Crippen molar-refractivity contribution in [1.29, 1.82) is 0 Å². The van der Waals surface area contributed by atoms with Gasteiger partial charge in [0.05, 0.1) is 0 Å². The van der Waals surface area contributed by atoms with Crippen LogP contribution in [0.5, 0.6) is 0 Å². The SMILES string of the molecule is Cn1cccc1.O=S(=O)(O)Cl. The maximum Gasteiger partial charge on any atom is 0.353 e. The average Bonchev–Trinajstić information content (AvgIpc) is 2.12. The van der Waals surface area contributed by atoms with Gasteiger partial charge in [-0.3, -0.25) is 4.55 Å². The Hall–Kier alpha value is -0.520. The van der Waals surface area contributed by atoms with E-state index in [4.69, 9.17) is 13.0 Å². The Morgan fingerprint density at radius 3 is 1.73 bits per heavy atom. The van der Waals surface area contributed by atoms with E-state index in [1.54, 1.807) is 0 Å². The van der Waals surface area contributed by atoms with E-state index in [1.165, 1.54) is 0 Å². The number of hydrogen-bond acceptors (Lipinski definition) is 2. The summed E-state index contributed by atoms with van der Waals surface area (Å²) in [5, 5.41) is 0. The van der Waals surface area contributed by atoms with Gasteiger partial charge in [-0.1, -0.05) is 0 Å². The van der Waals surface area contributed by atoms with Crippen LogP contribution >= 0.6 is 10.7 Å². The zero-order valence-corrected chi connectivity index (χ0v) is 7.38. The average molecular weight is 198 g/mol. The van der Waals surface area contributed by atoms with Crippen molar-refractivity contribution in [3.8, 4) is 0 Å². The first-order chi connectivity index (χ1) is 4.89. The second kappa shape index (κ2) is 4.38. The fourth-order valence-corrected chi connectivity index (χ4v) is 0.421. The summed E-state index contributed by atoms with van der Waals surface area (Å²) in [6.45, 7) is 0. The number of hydrogen-bond donors (Lipinski definition) is 1. The van der Waals surface area contributed by atoms with Crippen molar-refractivity contribution in [2.75, 3.05) is 0 Å². The highest BCUT2D eigenvalue weighted by atomic mass is 35.7. The molecule has 6 heteroatoms. The van der Waals surface area contributed by atoms with Crippen LogP contribution in [0, 0.1) is 0 Å². The lowest BCUT2D eigenvalue weighted by Crippen LogP contribution is -1.77. The molecular weight excluding hydrogens is 190 g/mol. The van der Waals surface area contributed by atoms with Crippen molar-refractivity contribution >= 4 is 20.0 Å². The third-order valence-corrected chi connectivity index (χ3v) is 0.754. The monoisotopic (exact) mass is 197 g/mol. The van der Waals surface area contributed by atoms with Crippen molar-refractivity contribution < 1.29 is 13.0 Å². The van der Waals surface area contributed by atoms with Gasteiger partial charge in [0.2, 0.25) is 0 Å². The molecule has 11 heavy (non-hydrogen) atoms. The minimum atomic E-state index is -4.19. The van der Waals surface area contributed by atoms with Crippen molar-refractivity contribution in [2.45, 2.75) is 0 Å². The summed E-state index contributed by atoms with van der Waals surface area (Å²) in [6.07, 6.45) is 4.00. The number of aromatic nitrogens is 1. The molecule has 0 spiro atoms. The largest absolute Gasteiger partial charge is 0.357 e. The first kappa shape index (κ1) is 10.5. The van der Waals surface area contributed by atoms with Crippen molar-refractivity contribution in [3.63, 3.8) is 0 Å².